The third-order valence-corrected chi connectivity index (χ3v) is 2.71. The predicted molar refractivity (Wildman–Crippen MR) is 67.5 cm³/mol. The van der Waals surface area contributed by atoms with Crippen molar-refractivity contribution < 1.29 is 9.53 Å². The van der Waals surface area contributed by atoms with Crippen molar-refractivity contribution in [3.63, 3.8) is 0 Å². The summed E-state index contributed by atoms with van der Waals surface area (Å²) in [5.41, 5.74) is 6.86. The molecule has 1 aromatic carbocycles. The number of nitrogens with one attached hydrogen (secondary N) is 1. The minimum Gasteiger partial charge on any atom is -0.468 e. The highest BCUT2D eigenvalue weighted by atomic mass is 16.5. The summed E-state index contributed by atoms with van der Waals surface area (Å²) in [6.45, 7) is 2.77. The number of ether oxygens (including phenoxy) is 1. The molecule has 1 aromatic rings. The maximum absolute atomic E-state index is 11.1. The molecule has 0 fully saturated rings. The highest BCUT2D eigenvalue weighted by molar-refractivity contribution is 5.75. The van der Waals surface area contributed by atoms with E-state index < -0.39 is 6.04 Å². The van der Waals surface area contributed by atoms with Crippen LogP contribution >= 0.6 is 0 Å². The maximum atomic E-state index is 11.1. The normalized spacial score (nSPS) is 14.1. The summed E-state index contributed by atoms with van der Waals surface area (Å²) in [5, 5.41) is 3.32. The van der Waals surface area contributed by atoms with E-state index in [2.05, 4.69) is 29.1 Å². The van der Waals surface area contributed by atoms with E-state index in [1.54, 1.807) is 0 Å². The maximum Gasteiger partial charge on any atom is 0.322 e. The lowest BCUT2D eigenvalue weighted by molar-refractivity contribution is -0.142. The monoisotopic (exact) mass is 236 g/mol. The fraction of sp³-hybridized carbons (Fsp3) is 0.462. The minimum atomic E-state index is -0.546. The third kappa shape index (κ3) is 4.54. The summed E-state index contributed by atoms with van der Waals surface area (Å²) in [5.74, 6) is -0.362. The van der Waals surface area contributed by atoms with Crippen LogP contribution in [0.15, 0.2) is 30.3 Å². The van der Waals surface area contributed by atoms with Crippen LogP contribution in [0.4, 0.5) is 0 Å². The first kappa shape index (κ1) is 13.7. The van der Waals surface area contributed by atoms with Crippen LogP contribution in [0.1, 0.15) is 24.9 Å². The van der Waals surface area contributed by atoms with E-state index in [9.17, 15) is 4.79 Å². The van der Waals surface area contributed by atoms with Crippen molar-refractivity contribution in [1.82, 2.24) is 5.32 Å². The fourth-order valence-electron chi connectivity index (χ4n) is 1.58. The average molecular weight is 236 g/mol. The van der Waals surface area contributed by atoms with E-state index in [1.807, 2.05) is 18.2 Å². The Hall–Kier alpha value is -1.39. The molecule has 0 amide bonds. The molecule has 1 rings (SSSR count). The Labute approximate surface area is 102 Å². The zero-order valence-electron chi connectivity index (χ0n) is 10.3. The van der Waals surface area contributed by atoms with Crippen molar-refractivity contribution >= 4 is 5.97 Å². The largest absolute Gasteiger partial charge is 0.468 e. The van der Waals surface area contributed by atoms with Crippen molar-refractivity contribution in [3.8, 4) is 0 Å². The number of nitrogens with two attached hydrogens (primary N) is 1. The Bertz CT molecular complexity index is 341. The highest BCUT2D eigenvalue weighted by Crippen LogP contribution is 2.10. The van der Waals surface area contributed by atoms with Gasteiger partial charge in [0, 0.05) is 6.04 Å². The van der Waals surface area contributed by atoms with E-state index in [1.165, 1.54) is 12.7 Å². The third-order valence-electron chi connectivity index (χ3n) is 2.71. The van der Waals surface area contributed by atoms with E-state index in [0.717, 1.165) is 0 Å². The molecule has 17 heavy (non-hydrogen) atoms. The number of hydrogen-bond donors (Lipinski definition) is 2. The van der Waals surface area contributed by atoms with Crippen molar-refractivity contribution in [1.29, 1.82) is 0 Å². The first-order valence-electron chi connectivity index (χ1n) is 5.77. The molecule has 0 bridgehead atoms. The number of carbonyl (C=O) groups excluding carboxylic acids is 1. The van der Waals surface area contributed by atoms with Crippen molar-refractivity contribution in [3.05, 3.63) is 35.9 Å². The Morgan fingerprint density at radius 1 is 1.41 bits per heavy atom. The number of methoxy groups -OCH3 is 1. The molecule has 2 atom stereocenters. The second-order valence-corrected chi connectivity index (χ2v) is 4.00. The van der Waals surface area contributed by atoms with Gasteiger partial charge in [0.15, 0.2) is 0 Å². The number of rotatable bonds is 6. The standard InChI is InChI=1S/C13H20N2O2/c1-10(11-6-4-3-5-7-11)15-9-8-12(14)13(16)17-2/h3-7,10,12,15H,8-9,14H2,1-2H3. The average Bonchev–Trinajstić information content (AvgIpc) is 2.38. The highest BCUT2D eigenvalue weighted by Gasteiger charge is 2.13. The van der Waals surface area contributed by atoms with Gasteiger partial charge in [0.25, 0.3) is 0 Å². The first-order valence-corrected chi connectivity index (χ1v) is 5.77. The molecule has 4 heteroatoms. The molecule has 0 aromatic heterocycles. The van der Waals surface area contributed by atoms with Gasteiger partial charge in [0.2, 0.25) is 0 Å². The van der Waals surface area contributed by atoms with Gasteiger partial charge in [-0.1, -0.05) is 30.3 Å². The number of carbonyl (C=O) groups is 1. The van der Waals surface area contributed by atoms with E-state index in [0.29, 0.717) is 13.0 Å². The van der Waals surface area contributed by atoms with Crippen LogP contribution in [0.2, 0.25) is 0 Å². The first-order chi connectivity index (χ1) is 8.15. The van der Waals surface area contributed by atoms with Gasteiger partial charge in [-0.25, -0.2) is 0 Å². The molecule has 3 N–H and O–H groups in total. The second-order valence-electron chi connectivity index (χ2n) is 4.00. The van der Waals surface area contributed by atoms with Gasteiger partial charge in [0.1, 0.15) is 6.04 Å². The van der Waals surface area contributed by atoms with Crippen LogP contribution in [0.5, 0.6) is 0 Å². The number of esters is 1. The number of benzene rings is 1. The molecule has 4 nitrogen and oxygen atoms in total. The zero-order valence-corrected chi connectivity index (χ0v) is 10.3. The Kier molecular flexibility index (Phi) is 5.66. The smallest absolute Gasteiger partial charge is 0.322 e. The van der Waals surface area contributed by atoms with E-state index in [4.69, 9.17) is 5.73 Å². The van der Waals surface area contributed by atoms with Crippen LogP contribution in [-0.4, -0.2) is 25.7 Å². The van der Waals surface area contributed by atoms with Crippen LogP contribution in [0, 0.1) is 0 Å². The molecule has 0 heterocycles. The minimum absolute atomic E-state index is 0.251. The van der Waals surface area contributed by atoms with Gasteiger partial charge in [0.05, 0.1) is 7.11 Å². The zero-order chi connectivity index (χ0) is 12.7. The molecule has 0 saturated carbocycles. The molecular weight excluding hydrogens is 216 g/mol. The van der Waals surface area contributed by atoms with Crippen molar-refractivity contribution in [2.45, 2.75) is 25.4 Å². The summed E-state index contributed by atoms with van der Waals surface area (Å²) in [4.78, 5) is 11.1. The molecular formula is C13H20N2O2. The second kappa shape index (κ2) is 7.04. The van der Waals surface area contributed by atoms with Gasteiger partial charge in [-0.2, -0.15) is 0 Å². The van der Waals surface area contributed by atoms with Gasteiger partial charge in [-0.3, -0.25) is 4.79 Å². The molecule has 0 radical (unpaired) electrons. The van der Waals surface area contributed by atoms with Gasteiger partial charge in [-0.05, 0) is 25.5 Å². The van der Waals surface area contributed by atoms with Gasteiger partial charge >= 0.3 is 5.97 Å². The lowest BCUT2D eigenvalue weighted by Crippen LogP contribution is -2.35. The lowest BCUT2D eigenvalue weighted by Gasteiger charge is -2.15. The molecule has 0 saturated heterocycles. The predicted octanol–water partition coefficient (Wildman–Crippen LogP) is 1.23. The summed E-state index contributed by atoms with van der Waals surface area (Å²) in [6.07, 6.45) is 0.573. The molecule has 2 unspecified atom stereocenters. The van der Waals surface area contributed by atoms with Gasteiger partial charge in [-0.15, -0.1) is 0 Å². The summed E-state index contributed by atoms with van der Waals surface area (Å²) < 4.78 is 4.56. The van der Waals surface area contributed by atoms with E-state index >= 15 is 0 Å². The fourth-order valence-corrected chi connectivity index (χ4v) is 1.58. The van der Waals surface area contributed by atoms with Gasteiger partial charge < -0.3 is 15.8 Å². The lowest BCUT2D eigenvalue weighted by atomic mass is 10.1. The van der Waals surface area contributed by atoms with Crippen molar-refractivity contribution in [2.75, 3.05) is 13.7 Å². The quantitative estimate of drug-likeness (QED) is 0.729. The molecule has 0 aliphatic carbocycles. The summed E-state index contributed by atoms with van der Waals surface area (Å²) in [6, 6.07) is 9.84. The molecule has 0 spiro atoms. The Morgan fingerprint density at radius 2 is 2.06 bits per heavy atom. The molecule has 0 aliphatic rings. The van der Waals surface area contributed by atoms with Crippen LogP contribution in [0.3, 0.4) is 0 Å². The van der Waals surface area contributed by atoms with Crippen molar-refractivity contribution in [2.24, 2.45) is 5.73 Å². The number of hydrogen-bond acceptors (Lipinski definition) is 4. The summed E-state index contributed by atoms with van der Waals surface area (Å²) in [7, 11) is 1.35. The SMILES string of the molecule is COC(=O)C(N)CCNC(C)c1ccccc1. The van der Waals surface area contributed by atoms with Crippen LogP contribution in [0.25, 0.3) is 0 Å². The summed E-state index contributed by atoms with van der Waals surface area (Å²) >= 11 is 0. The van der Waals surface area contributed by atoms with Crippen LogP contribution < -0.4 is 11.1 Å². The Morgan fingerprint density at radius 3 is 2.65 bits per heavy atom. The van der Waals surface area contributed by atoms with Crippen LogP contribution in [-0.2, 0) is 9.53 Å². The van der Waals surface area contributed by atoms with E-state index in [-0.39, 0.29) is 12.0 Å². The molecule has 94 valence electrons. The topological polar surface area (TPSA) is 64.3 Å². The Balaban J connectivity index is 2.30. The molecule has 0 aliphatic heterocycles.